The normalized spacial score (nSPS) is 19.3. The van der Waals surface area contributed by atoms with Crippen LogP contribution in [0, 0.1) is 12.8 Å². The van der Waals surface area contributed by atoms with Crippen molar-refractivity contribution < 1.29 is 0 Å². The standard InChI is InChI=1S/C13H18ClN/c1-10-5-4-8-15-13(10)9-12(14)11-6-2-3-7-11/h4-5,8,11-12H,2-3,6-7,9H2,1H3. The van der Waals surface area contributed by atoms with Crippen molar-refractivity contribution in [3.63, 3.8) is 0 Å². The molecule has 0 spiro atoms. The van der Waals surface area contributed by atoms with Crippen molar-refractivity contribution >= 4 is 11.6 Å². The van der Waals surface area contributed by atoms with E-state index in [1.165, 1.54) is 36.9 Å². The van der Waals surface area contributed by atoms with Crippen LogP contribution in [0.25, 0.3) is 0 Å². The molecule has 0 bridgehead atoms. The fourth-order valence-electron chi connectivity index (χ4n) is 2.40. The van der Waals surface area contributed by atoms with E-state index in [2.05, 4.69) is 18.0 Å². The van der Waals surface area contributed by atoms with E-state index in [0.29, 0.717) is 5.92 Å². The third kappa shape index (κ3) is 2.72. The van der Waals surface area contributed by atoms with E-state index in [0.717, 1.165) is 6.42 Å². The van der Waals surface area contributed by atoms with Gasteiger partial charge in [0.2, 0.25) is 0 Å². The van der Waals surface area contributed by atoms with Gasteiger partial charge >= 0.3 is 0 Å². The number of aromatic nitrogens is 1. The largest absolute Gasteiger partial charge is 0.261 e. The molecule has 0 N–H and O–H groups in total. The number of nitrogens with zero attached hydrogens (tertiary/aromatic N) is 1. The molecule has 2 heteroatoms. The lowest BCUT2D eigenvalue weighted by Gasteiger charge is -2.16. The Balaban J connectivity index is 1.99. The zero-order valence-corrected chi connectivity index (χ0v) is 10.0. The van der Waals surface area contributed by atoms with Gasteiger partial charge < -0.3 is 0 Å². The Bertz CT molecular complexity index is 318. The summed E-state index contributed by atoms with van der Waals surface area (Å²) < 4.78 is 0. The second kappa shape index (κ2) is 4.98. The van der Waals surface area contributed by atoms with Crippen molar-refractivity contribution in [3.8, 4) is 0 Å². The number of halogens is 1. The average molecular weight is 224 g/mol. The second-order valence-corrected chi connectivity index (χ2v) is 5.09. The second-order valence-electron chi connectivity index (χ2n) is 4.53. The first-order valence-electron chi connectivity index (χ1n) is 5.82. The number of pyridine rings is 1. The predicted molar refractivity (Wildman–Crippen MR) is 64.3 cm³/mol. The molecule has 0 aromatic carbocycles. The average Bonchev–Trinajstić information content (AvgIpc) is 2.74. The van der Waals surface area contributed by atoms with Crippen molar-refractivity contribution in [2.75, 3.05) is 0 Å². The maximum atomic E-state index is 6.45. The van der Waals surface area contributed by atoms with Crippen LogP contribution >= 0.6 is 11.6 Å². The third-order valence-corrected chi connectivity index (χ3v) is 3.93. The molecular weight excluding hydrogens is 206 g/mol. The Labute approximate surface area is 96.9 Å². The van der Waals surface area contributed by atoms with Crippen LogP contribution in [0.1, 0.15) is 36.9 Å². The highest BCUT2D eigenvalue weighted by atomic mass is 35.5. The Morgan fingerprint density at radius 3 is 2.87 bits per heavy atom. The van der Waals surface area contributed by atoms with Crippen LogP contribution in [-0.4, -0.2) is 10.4 Å². The van der Waals surface area contributed by atoms with Crippen LogP contribution in [0.15, 0.2) is 18.3 Å². The molecule has 1 fully saturated rings. The molecule has 15 heavy (non-hydrogen) atoms. The van der Waals surface area contributed by atoms with Crippen LogP contribution in [0.5, 0.6) is 0 Å². The lowest BCUT2D eigenvalue weighted by atomic mass is 9.98. The smallest absolute Gasteiger partial charge is 0.0447 e. The Morgan fingerprint density at radius 2 is 2.20 bits per heavy atom. The molecule has 1 unspecified atom stereocenters. The SMILES string of the molecule is Cc1cccnc1CC(Cl)C1CCCC1. The summed E-state index contributed by atoms with van der Waals surface area (Å²) in [5, 5.41) is 0.279. The zero-order valence-electron chi connectivity index (χ0n) is 9.25. The van der Waals surface area contributed by atoms with Crippen LogP contribution in [0.4, 0.5) is 0 Å². The van der Waals surface area contributed by atoms with Crippen molar-refractivity contribution in [2.45, 2.75) is 44.4 Å². The molecule has 0 amide bonds. The number of alkyl halides is 1. The highest BCUT2D eigenvalue weighted by Crippen LogP contribution is 2.32. The van der Waals surface area contributed by atoms with E-state index >= 15 is 0 Å². The molecule has 1 aromatic heterocycles. The van der Waals surface area contributed by atoms with Gasteiger partial charge in [-0.3, -0.25) is 4.98 Å². The van der Waals surface area contributed by atoms with Gasteiger partial charge in [0, 0.05) is 23.7 Å². The van der Waals surface area contributed by atoms with Crippen molar-refractivity contribution in [1.82, 2.24) is 4.98 Å². The topological polar surface area (TPSA) is 12.9 Å². The highest BCUT2D eigenvalue weighted by molar-refractivity contribution is 6.20. The maximum absolute atomic E-state index is 6.45. The van der Waals surface area contributed by atoms with Crippen molar-refractivity contribution in [1.29, 1.82) is 0 Å². The summed E-state index contributed by atoms with van der Waals surface area (Å²) >= 11 is 6.45. The van der Waals surface area contributed by atoms with Gasteiger partial charge in [-0.1, -0.05) is 18.9 Å². The summed E-state index contributed by atoms with van der Waals surface area (Å²) in [6.07, 6.45) is 8.11. The summed E-state index contributed by atoms with van der Waals surface area (Å²) in [6.45, 7) is 2.11. The van der Waals surface area contributed by atoms with E-state index in [4.69, 9.17) is 11.6 Å². The summed E-state index contributed by atoms with van der Waals surface area (Å²) in [5.41, 5.74) is 2.44. The molecule has 2 rings (SSSR count). The Kier molecular flexibility index (Phi) is 3.63. The van der Waals surface area contributed by atoms with Gasteiger partial charge in [-0.2, -0.15) is 0 Å². The van der Waals surface area contributed by atoms with E-state index in [9.17, 15) is 0 Å². The minimum absolute atomic E-state index is 0.279. The van der Waals surface area contributed by atoms with Crippen LogP contribution in [0.2, 0.25) is 0 Å². The first kappa shape index (κ1) is 10.9. The van der Waals surface area contributed by atoms with Gasteiger partial charge in [-0.05, 0) is 37.3 Å². The molecule has 1 atom stereocenters. The number of aryl methyl sites for hydroxylation is 1. The minimum Gasteiger partial charge on any atom is -0.261 e. The fourth-order valence-corrected chi connectivity index (χ4v) is 2.80. The third-order valence-electron chi connectivity index (χ3n) is 3.42. The molecule has 0 aliphatic heterocycles. The lowest BCUT2D eigenvalue weighted by Crippen LogP contribution is -2.15. The van der Waals surface area contributed by atoms with E-state index in [1.54, 1.807) is 0 Å². The lowest BCUT2D eigenvalue weighted by molar-refractivity contribution is 0.508. The van der Waals surface area contributed by atoms with Gasteiger partial charge in [0.1, 0.15) is 0 Å². The quantitative estimate of drug-likeness (QED) is 0.712. The van der Waals surface area contributed by atoms with Gasteiger partial charge in [0.05, 0.1) is 0 Å². The molecule has 1 aliphatic carbocycles. The molecule has 1 aromatic rings. The van der Waals surface area contributed by atoms with Crippen LogP contribution in [-0.2, 0) is 6.42 Å². The maximum Gasteiger partial charge on any atom is 0.0447 e. The van der Waals surface area contributed by atoms with Crippen LogP contribution in [0.3, 0.4) is 0 Å². The monoisotopic (exact) mass is 223 g/mol. The molecule has 1 heterocycles. The van der Waals surface area contributed by atoms with E-state index in [1.807, 2.05) is 12.3 Å². The molecule has 82 valence electrons. The molecule has 1 nitrogen and oxygen atoms in total. The molecule has 0 radical (unpaired) electrons. The number of hydrogen-bond donors (Lipinski definition) is 0. The van der Waals surface area contributed by atoms with Gasteiger partial charge in [0.15, 0.2) is 0 Å². The number of hydrogen-bond acceptors (Lipinski definition) is 1. The Morgan fingerprint density at radius 1 is 1.47 bits per heavy atom. The van der Waals surface area contributed by atoms with Gasteiger partial charge in [0.25, 0.3) is 0 Å². The summed E-state index contributed by atoms with van der Waals surface area (Å²) in [5.74, 6) is 0.716. The summed E-state index contributed by atoms with van der Waals surface area (Å²) in [7, 11) is 0. The minimum atomic E-state index is 0.279. The predicted octanol–water partition coefficient (Wildman–Crippen LogP) is 3.73. The summed E-state index contributed by atoms with van der Waals surface area (Å²) in [6, 6.07) is 4.10. The molecule has 1 aliphatic rings. The first-order chi connectivity index (χ1) is 7.27. The van der Waals surface area contributed by atoms with Crippen LogP contribution < -0.4 is 0 Å². The number of rotatable bonds is 3. The van der Waals surface area contributed by atoms with Gasteiger partial charge in [-0.15, -0.1) is 11.6 Å². The fraction of sp³-hybridized carbons (Fsp3) is 0.615. The van der Waals surface area contributed by atoms with Crippen molar-refractivity contribution in [3.05, 3.63) is 29.6 Å². The van der Waals surface area contributed by atoms with E-state index < -0.39 is 0 Å². The van der Waals surface area contributed by atoms with Crippen molar-refractivity contribution in [2.24, 2.45) is 5.92 Å². The highest BCUT2D eigenvalue weighted by Gasteiger charge is 2.23. The van der Waals surface area contributed by atoms with Gasteiger partial charge in [-0.25, -0.2) is 0 Å². The zero-order chi connectivity index (χ0) is 10.7. The molecule has 1 saturated carbocycles. The first-order valence-corrected chi connectivity index (χ1v) is 6.25. The van der Waals surface area contributed by atoms with E-state index in [-0.39, 0.29) is 5.38 Å². The molecular formula is C13H18ClN. The molecule has 0 saturated heterocycles. The Hall–Kier alpha value is -0.560. The summed E-state index contributed by atoms with van der Waals surface area (Å²) in [4.78, 5) is 4.41.